The van der Waals surface area contributed by atoms with Crippen molar-refractivity contribution in [3.63, 3.8) is 0 Å². The molecule has 8 heteroatoms. The molecule has 3 aromatic rings. The molecule has 3 aliphatic rings. The lowest BCUT2D eigenvalue weighted by Gasteiger charge is -2.36. The highest BCUT2D eigenvalue weighted by Gasteiger charge is 2.37. The Balaban J connectivity index is 1.37. The van der Waals surface area contributed by atoms with E-state index in [1.807, 2.05) is 17.0 Å². The highest BCUT2D eigenvalue weighted by molar-refractivity contribution is 5.92. The van der Waals surface area contributed by atoms with E-state index in [0.29, 0.717) is 17.7 Å². The Morgan fingerprint density at radius 2 is 2.11 bits per heavy atom. The maximum Gasteiger partial charge on any atom is 0.274 e. The summed E-state index contributed by atoms with van der Waals surface area (Å²) >= 11 is 0. The van der Waals surface area contributed by atoms with Crippen molar-refractivity contribution < 1.29 is 9.42 Å². The van der Waals surface area contributed by atoms with E-state index in [9.17, 15) is 4.79 Å². The minimum atomic E-state index is -0.0235. The number of fused-ring (bicyclic) bond motifs is 5. The summed E-state index contributed by atoms with van der Waals surface area (Å²) in [6.45, 7) is 3.27. The summed E-state index contributed by atoms with van der Waals surface area (Å²) in [5.41, 5.74) is 3.15. The number of nitrogens with zero attached hydrogens (tertiary/aromatic N) is 6. The fourth-order valence-corrected chi connectivity index (χ4v) is 4.32. The second kappa shape index (κ2) is 6.70. The summed E-state index contributed by atoms with van der Waals surface area (Å²) in [5, 5.41) is 8.00. The number of hydrogen-bond donors (Lipinski definition) is 0. The van der Waals surface area contributed by atoms with E-state index >= 15 is 0 Å². The molecule has 27 heavy (non-hydrogen) atoms. The maximum absolute atomic E-state index is 12.9. The molecule has 0 N–H and O–H groups in total. The topological polar surface area (TPSA) is 88.3 Å². The SMILES string of the molecule is O=C(c1cnccn1)N1C[C@@H]2CC[C@H](C1)N(Cc1cccc3nonc13)C2. The van der Waals surface area contributed by atoms with Crippen LogP contribution in [0.15, 0.2) is 41.4 Å². The Bertz CT molecular complexity index is 959. The quantitative estimate of drug-likeness (QED) is 0.699. The fourth-order valence-electron chi connectivity index (χ4n) is 4.32. The van der Waals surface area contributed by atoms with E-state index < -0.39 is 0 Å². The van der Waals surface area contributed by atoms with Crippen molar-refractivity contribution in [2.45, 2.75) is 25.4 Å². The van der Waals surface area contributed by atoms with Gasteiger partial charge in [-0.1, -0.05) is 12.1 Å². The van der Waals surface area contributed by atoms with Crippen molar-refractivity contribution in [2.75, 3.05) is 19.6 Å². The van der Waals surface area contributed by atoms with Gasteiger partial charge in [-0.2, -0.15) is 0 Å². The number of carbonyl (C=O) groups is 1. The van der Waals surface area contributed by atoms with Crippen molar-refractivity contribution in [3.05, 3.63) is 48.0 Å². The van der Waals surface area contributed by atoms with Crippen LogP contribution in [-0.2, 0) is 6.54 Å². The molecule has 8 nitrogen and oxygen atoms in total. The molecule has 2 bridgehead atoms. The Kier molecular flexibility index (Phi) is 4.05. The molecule has 3 fully saturated rings. The molecule has 0 unspecified atom stereocenters. The zero-order chi connectivity index (χ0) is 18.2. The largest absolute Gasteiger partial charge is 0.335 e. The lowest BCUT2D eigenvalue weighted by Crippen LogP contribution is -2.44. The van der Waals surface area contributed by atoms with Gasteiger partial charge in [-0.3, -0.25) is 14.7 Å². The summed E-state index contributed by atoms with van der Waals surface area (Å²) in [7, 11) is 0. The van der Waals surface area contributed by atoms with Gasteiger partial charge in [-0.05, 0) is 40.7 Å². The molecule has 3 saturated heterocycles. The molecule has 6 rings (SSSR count). The second-order valence-corrected chi connectivity index (χ2v) is 7.38. The smallest absolute Gasteiger partial charge is 0.274 e. The first-order chi connectivity index (χ1) is 13.3. The third kappa shape index (κ3) is 3.06. The molecule has 1 aromatic carbocycles. The van der Waals surface area contributed by atoms with E-state index in [1.54, 1.807) is 18.6 Å². The van der Waals surface area contributed by atoms with E-state index in [2.05, 4.69) is 31.2 Å². The van der Waals surface area contributed by atoms with Gasteiger partial charge in [0.15, 0.2) is 0 Å². The lowest BCUT2D eigenvalue weighted by molar-refractivity contribution is 0.0729. The Morgan fingerprint density at radius 1 is 1.15 bits per heavy atom. The van der Waals surface area contributed by atoms with Gasteiger partial charge in [0.2, 0.25) is 0 Å². The average molecular weight is 364 g/mol. The molecule has 0 spiro atoms. The number of rotatable bonds is 3. The number of piperidine rings is 1. The molecule has 1 amide bonds. The van der Waals surface area contributed by atoms with Crippen LogP contribution < -0.4 is 0 Å². The van der Waals surface area contributed by atoms with Gasteiger partial charge in [-0.25, -0.2) is 9.61 Å². The van der Waals surface area contributed by atoms with Crippen LogP contribution in [0.4, 0.5) is 0 Å². The van der Waals surface area contributed by atoms with Crippen molar-refractivity contribution in [1.82, 2.24) is 30.1 Å². The van der Waals surface area contributed by atoms with Crippen LogP contribution in [0.5, 0.6) is 0 Å². The summed E-state index contributed by atoms with van der Waals surface area (Å²) < 4.78 is 4.89. The predicted octanol–water partition coefficient (Wildman–Crippen LogP) is 1.75. The summed E-state index contributed by atoms with van der Waals surface area (Å²) in [5.74, 6) is 0.448. The van der Waals surface area contributed by atoms with Crippen molar-refractivity contribution in [3.8, 4) is 0 Å². The molecular formula is C19H20N6O2. The third-order valence-corrected chi connectivity index (χ3v) is 5.64. The molecule has 5 heterocycles. The van der Waals surface area contributed by atoms with Gasteiger partial charge in [0.05, 0.1) is 6.20 Å². The van der Waals surface area contributed by atoms with E-state index in [4.69, 9.17) is 4.63 Å². The molecule has 0 radical (unpaired) electrons. The maximum atomic E-state index is 12.9. The molecule has 3 aliphatic heterocycles. The Morgan fingerprint density at radius 3 is 3.00 bits per heavy atom. The molecule has 2 atom stereocenters. The number of hydrogen-bond acceptors (Lipinski definition) is 7. The molecular weight excluding hydrogens is 344 g/mol. The zero-order valence-electron chi connectivity index (χ0n) is 14.9. The van der Waals surface area contributed by atoms with Gasteiger partial charge in [-0.15, -0.1) is 0 Å². The van der Waals surface area contributed by atoms with E-state index in [-0.39, 0.29) is 5.91 Å². The first-order valence-corrected chi connectivity index (χ1v) is 9.27. The van der Waals surface area contributed by atoms with Crippen LogP contribution in [-0.4, -0.2) is 61.7 Å². The second-order valence-electron chi connectivity index (χ2n) is 7.38. The van der Waals surface area contributed by atoms with Crippen LogP contribution in [0, 0.1) is 5.92 Å². The molecule has 0 saturated carbocycles. The predicted molar refractivity (Wildman–Crippen MR) is 96.7 cm³/mol. The number of amides is 1. The van der Waals surface area contributed by atoms with E-state index in [0.717, 1.165) is 55.6 Å². The minimum Gasteiger partial charge on any atom is -0.335 e. The van der Waals surface area contributed by atoms with Crippen molar-refractivity contribution in [2.24, 2.45) is 5.92 Å². The van der Waals surface area contributed by atoms with Gasteiger partial charge >= 0.3 is 0 Å². The summed E-state index contributed by atoms with van der Waals surface area (Å²) in [4.78, 5) is 25.5. The normalized spacial score (nSPS) is 22.9. The van der Waals surface area contributed by atoms with E-state index in [1.165, 1.54) is 0 Å². The van der Waals surface area contributed by atoms with Crippen LogP contribution in [0.25, 0.3) is 11.0 Å². The molecule has 2 aromatic heterocycles. The standard InChI is InChI=1S/C19H20N6O2/c26-19(17-8-20-6-7-21-17)25-10-13-4-5-15(12-25)24(9-13)11-14-2-1-3-16-18(14)23-27-22-16/h1-3,6-8,13,15H,4-5,9-12H2/t13-,15-/m1/s1. The first-order valence-electron chi connectivity index (χ1n) is 9.27. The van der Waals surface area contributed by atoms with Crippen LogP contribution in [0.1, 0.15) is 28.9 Å². The van der Waals surface area contributed by atoms with Crippen LogP contribution in [0.2, 0.25) is 0 Å². The third-order valence-electron chi connectivity index (χ3n) is 5.64. The summed E-state index contributed by atoms with van der Waals surface area (Å²) in [6, 6.07) is 6.31. The number of aromatic nitrogens is 4. The average Bonchev–Trinajstić information content (AvgIpc) is 3.02. The molecule has 138 valence electrons. The first kappa shape index (κ1) is 16.3. The van der Waals surface area contributed by atoms with Gasteiger partial charge < -0.3 is 4.90 Å². The van der Waals surface area contributed by atoms with Gasteiger partial charge in [0.1, 0.15) is 16.7 Å². The van der Waals surface area contributed by atoms with Gasteiger partial charge in [0, 0.05) is 44.6 Å². The number of benzene rings is 1. The monoisotopic (exact) mass is 364 g/mol. The fraction of sp³-hybridized carbons (Fsp3) is 0.421. The van der Waals surface area contributed by atoms with Crippen molar-refractivity contribution in [1.29, 1.82) is 0 Å². The zero-order valence-corrected chi connectivity index (χ0v) is 14.9. The highest BCUT2D eigenvalue weighted by Crippen LogP contribution is 2.30. The number of carbonyl (C=O) groups excluding carboxylic acids is 1. The Hall–Kier alpha value is -2.87. The highest BCUT2D eigenvalue weighted by atomic mass is 16.6. The van der Waals surface area contributed by atoms with Crippen molar-refractivity contribution >= 4 is 16.9 Å². The van der Waals surface area contributed by atoms with Gasteiger partial charge in [0.25, 0.3) is 5.91 Å². The summed E-state index contributed by atoms with van der Waals surface area (Å²) in [6.07, 6.45) is 6.96. The lowest BCUT2D eigenvalue weighted by atomic mass is 9.94. The Labute approximate surface area is 156 Å². The minimum absolute atomic E-state index is 0.0235. The van der Waals surface area contributed by atoms with Crippen LogP contribution >= 0.6 is 0 Å². The molecule has 0 aliphatic carbocycles. The van der Waals surface area contributed by atoms with Crippen LogP contribution in [0.3, 0.4) is 0 Å².